The molecule has 160 valence electrons. The van der Waals surface area contributed by atoms with E-state index in [0.717, 1.165) is 36.6 Å². The van der Waals surface area contributed by atoms with Crippen LogP contribution in [0.3, 0.4) is 0 Å². The predicted octanol–water partition coefficient (Wildman–Crippen LogP) is 2.24. The van der Waals surface area contributed by atoms with Gasteiger partial charge in [0.05, 0.1) is 6.54 Å². The van der Waals surface area contributed by atoms with Crippen LogP contribution in [-0.2, 0) is 19.5 Å². The summed E-state index contributed by atoms with van der Waals surface area (Å²) in [6.45, 7) is 3.45. The van der Waals surface area contributed by atoms with E-state index in [4.69, 9.17) is 9.72 Å². The van der Waals surface area contributed by atoms with E-state index in [0.29, 0.717) is 32.2 Å². The molecule has 0 bridgehead atoms. The Morgan fingerprint density at radius 2 is 2.03 bits per heavy atom. The number of anilines is 1. The number of nitro groups is 1. The molecule has 5 heterocycles. The molecule has 0 aliphatic carbocycles. The molecule has 1 atom stereocenters. The van der Waals surface area contributed by atoms with Crippen molar-refractivity contribution >= 4 is 11.6 Å². The fourth-order valence-corrected chi connectivity index (χ4v) is 4.35. The lowest BCUT2D eigenvalue weighted by atomic mass is 10.0. The van der Waals surface area contributed by atoms with Crippen molar-refractivity contribution in [1.82, 2.24) is 19.4 Å². The summed E-state index contributed by atoms with van der Waals surface area (Å²) in [6, 6.07) is 4.26. The Morgan fingerprint density at radius 3 is 2.77 bits per heavy atom. The third kappa shape index (κ3) is 3.69. The largest absolute Gasteiger partial charge is 0.439 e. The fraction of sp³-hybridized carbons (Fsp3) is 0.579. The smallest absolute Gasteiger partial charge is 0.414 e. The zero-order valence-electron chi connectivity index (χ0n) is 16.3. The Bertz CT molecular complexity index is 948. The molecule has 5 rings (SSSR count). The second-order valence-corrected chi connectivity index (χ2v) is 8.13. The number of aromatic nitrogens is 3. The first-order chi connectivity index (χ1) is 14.4. The summed E-state index contributed by atoms with van der Waals surface area (Å²) in [7, 11) is 0. The third-order valence-corrected chi connectivity index (χ3v) is 5.98. The molecule has 1 fully saturated rings. The average molecular weight is 420 g/mol. The van der Waals surface area contributed by atoms with Crippen molar-refractivity contribution in [2.75, 3.05) is 31.1 Å². The van der Waals surface area contributed by atoms with Crippen molar-refractivity contribution < 1.29 is 18.4 Å². The standard InChI is InChI=1S/C19H22F2N6O3/c20-19(21)4-7-25(8-5-19)16-2-1-13-9-24(6-3-15(13)22-16)10-14-11-26-12-17(27(28)29)23-18(26)30-14/h1-2,12,14H,3-11H2/t14-/m0/s1. The number of fused-ring (bicyclic) bond motifs is 2. The molecule has 2 aromatic rings. The third-order valence-electron chi connectivity index (χ3n) is 5.98. The van der Waals surface area contributed by atoms with Crippen LogP contribution in [0.15, 0.2) is 18.3 Å². The molecular formula is C19H22F2N6O3. The van der Waals surface area contributed by atoms with Crippen molar-refractivity contribution in [3.8, 4) is 6.01 Å². The maximum absolute atomic E-state index is 13.4. The normalized spacial score (nSPS) is 23.0. The number of imidazole rings is 1. The molecule has 2 aromatic heterocycles. The number of pyridine rings is 1. The highest BCUT2D eigenvalue weighted by atomic mass is 19.3. The highest BCUT2D eigenvalue weighted by Gasteiger charge is 2.35. The second kappa shape index (κ2) is 7.15. The van der Waals surface area contributed by atoms with Gasteiger partial charge in [-0.1, -0.05) is 6.07 Å². The van der Waals surface area contributed by atoms with E-state index in [1.807, 2.05) is 17.0 Å². The van der Waals surface area contributed by atoms with Gasteiger partial charge >= 0.3 is 11.8 Å². The van der Waals surface area contributed by atoms with Crippen LogP contribution in [0.4, 0.5) is 20.4 Å². The molecule has 3 aliphatic heterocycles. The number of piperidine rings is 1. The van der Waals surface area contributed by atoms with Crippen molar-refractivity contribution in [3.05, 3.63) is 39.7 Å². The lowest BCUT2D eigenvalue weighted by Gasteiger charge is -2.34. The first-order valence-electron chi connectivity index (χ1n) is 10.1. The molecule has 3 aliphatic rings. The molecule has 0 radical (unpaired) electrons. The van der Waals surface area contributed by atoms with Gasteiger partial charge in [0.1, 0.15) is 18.1 Å². The predicted molar refractivity (Wildman–Crippen MR) is 103 cm³/mol. The van der Waals surface area contributed by atoms with Gasteiger partial charge in [-0.25, -0.2) is 13.8 Å². The topological polar surface area (TPSA) is 89.6 Å². The van der Waals surface area contributed by atoms with E-state index >= 15 is 0 Å². The zero-order chi connectivity index (χ0) is 20.9. The van der Waals surface area contributed by atoms with E-state index < -0.39 is 10.8 Å². The Labute approximate surface area is 171 Å². The molecule has 0 aromatic carbocycles. The van der Waals surface area contributed by atoms with Crippen LogP contribution in [0, 0.1) is 10.1 Å². The summed E-state index contributed by atoms with van der Waals surface area (Å²) in [6.07, 6.45) is 1.85. The maximum Gasteiger partial charge on any atom is 0.414 e. The summed E-state index contributed by atoms with van der Waals surface area (Å²) < 4.78 is 34.2. The molecule has 0 saturated carbocycles. The Morgan fingerprint density at radius 1 is 1.23 bits per heavy atom. The van der Waals surface area contributed by atoms with E-state index in [9.17, 15) is 18.9 Å². The monoisotopic (exact) mass is 420 g/mol. The van der Waals surface area contributed by atoms with Crippen molar-refractivity contribution in [3.63, 3.8) is 0 Å². The van der Waals surface area contributed by atoms with Crippen LogP contribution < -0.4 is 9.64 Å². The maximum atomic E-state index is 13.4. The lowest BCUT2D eigenvalue weighted by Crippen LogP contribution is -2.41. The van der Waals surface area contributed by atoms with Gasteiger partial charge in [0.15, 0.2) is 0 Å². The molecule has 0 unspecified atom stereocenters. The zero-order valence-corrected chi connectivity index (χ0v) is 16.3. The number of hydrogen-bond acceptors (Lipinski definition) is 7. The van der Waals surface area contributed by atoms with Crippen LogP contribution in [0.2, 0.25) is 0 Å². The molecule has 11 heteroatoms. The van der Waals surface area contributed by atoms with E-state index in [-0.39, 0.29) is 24.8 Å². The minimum atomic E-state index is -2.56. The van der Waals surface area contributed by atoms with Crippen molar-refractivity contribution in [2.24, 2.45) is 0 Å². The summed E-state index contributed by atoms with van der Waals surface area (Å²) in [5.74, 6) is -1.98. The summed E-state index contributed by atoms with van der Waals surface area (Å²) in [5.41, 5.74) is 2.16. The first-order valence-corrected chi connectivity index (χ1v) is 10.1. The van der Waals surface area contributed by atoms with Gasteiger partial charge in [0.25, 0.3) is 5.92 Å². The fourth-order valence-electron chi connectivity index (χ4n) is 4.35. The average Bonchev–Trinajstić information content (AvgIpc) is 3.26. The number of ether oxygens (including phenoxy) is 1. The number of alkyl halides is 2. The molecule has 0 N–H and O–H groups in total. The van der Waals surface area contributed by atoms with E-state index in [2.05, 4.69) is 9.88 Å². The lowest BCUT2D eigenvalue weighted by molar-refractivity contribution is -0.389. The summed E-state index contributed by atoms with van der Waals surface area (Å²) >= 11 is 0. The quantitative estimate of drug-likeness (QED) is 0.554. The minimum Gasteiger partial charge on any atom is -0.439 e. The highest BCUT2D eigenvalue weighted by molar-refractivity contribution is 5.43. The van der Waals surface area contributed by atoms with E-state index in [1.165, 1.54) is 6.20 Å². The number of rotatable bonds is 4. The van der Waals surface area contributed by atoms with Crippen LogP contribution >= 0.6 is 0 Å². The molecule has 0 amide bonds. The van der Waals surface area contributed by atoms with Gasteiger partial charge in [-0.3, -0.25) is 9.47 Å². The second-order valence-electron chi connectivity index (χ2n) is 8.13. The van der Waals surface area contributed by atoms with Gasteiger partial charge < -0.3 is 19.8 Å². The van der Waals surface area contributed by atoms with Crippen LogP contribution in [-0.4, -0.2) is 62.6 Å². The molecular weight excluding hydrogens is 398 g/mol. The number of halogens is 2. The van der Waals surface area contributed by atoms with Crippen molar-refractivity contribution in [1.29, 1.82) is 0 Å². The van der Waals surface area contributed by atoms with Gasteiger partial charge in [0, 0.05) is 62.7 Å². The number of hydrogen-bond donors (Lipinski definition) is 0. The minimum absolute atomic E-state index is 0.0999. The van der Waals surface area contributed by atoms with Crippen molar-refractivity contribution in [2.45, 2.75) is 44.4 Å². The Hall–Kier alpha value is -2.82. The Kier molecular flexibility index (Phi) is 4.57. The SMILES string of the molecule is O=[N+]([O-])c1cn2c(n1)O[C@@H](CN1CCc3nc(N4CCC(F)(F)CC4)ccc3C1)C2. The van der Waals surface area contributed by atoms with Crippen LogP contribution in [0.5, 0.6) is 6.01 Å². The van der Waals surface area contributed by atoms with Gasteiger partial charge in [-0.2, -0.15) is 0 Å². The molecule has 9 nitrogen and oxygen atoms in total. The highest BCUT2D eigenvalue weighted by Crippen LogP contribution is 2.31. The van der Waals surface area contributed by atoms with Crippen LogP contribution in [0.25, 0.3) is 0 Å². The van der Waals surface area contributed by atoms with E-state index in [1.54, 1.807) is 4.57 Å². The summed E-state index contributed by atoms with van der Waals surface area (Å²) in [5, 5.41) is 10.8. The number of nitrogens with zero attached hydrogens (tertiary/aromatic N) is 6. The molecule has 30 heavy (non-hydrogen) atoms. The molecule has 1 saturated heterocycles. The van der Waals surface area contributed by atoms with Gasteiger partial charge in [-0.05, 0) is 16.6 Å². The Balaban J connectivity index is 1.19. The van der Waals surface area contributed by atoms with Gasteiger partial charge in [-0.15, -0.1) is 0 Å². The summed E-state index contributed by atoms with van der Waals surface area (Å²) in [4.78, 5) is 23.1. The van der Waals surface area contributed by atoms with Crippen LogP contribution in [0.1, 0.15) is 24.1 Å². The first kappa shape index (κ1) is 19.2. The van der Waals surface area contributed by atoms with Gasteiger partial charge in [0.2, 0.25) is 0 Å². The molecule has 0 spiro atoms.